The first kappa shape index (κ1) is 25.5. The van der Waals surface area contributed by atoms with Crippen LogP contribution < -0.4 is 19.8 Å². The second kappa shape index (κ2) is 10.7. The molecule has 0 saturated heterocycles. The highest BCUT2D eigenvalue weighted by molar-refractivity contribution is 5.95. The summed E-state index contributed by atoms with van der Waals surface area (Å²) in [6.07, 6.45) is 3.89. The summed E-state index contributed by atoms with van der Waals surface area (Å²) in [7, 11) is 2.92. The number of hydrogen-bond donors (Lipinski definition) is 0. The molecule has 0 aliphatic heterocycles. The van der Waals surface area contributed by atoms with E-state index in [2.05, 4.69) is 15.0 Å². The Hall–Kier alpha value is -5.19. The van der Waals surface area contributed by atoms with Crippen LogP contribution in [-0.2, 0) is 6.42 Å². The topological polar surface area (TPSA) is 105 Å². The van der Waals surface area contributed by atoms with Crippen LogP contribution in [0.5, 0.6) is 23.1 Å². The van der Waals surface area contributed by atoms with E-state index < -0.39 is 23.0 Å². The number of carbonyl (C=O) groups excluding carboxylic acids is 1. The van der Waals surface area contributed by atoms with Crippen molar-refractivity contribution in [1.82, 2.24) is 19.5 Å². The van der Waals surface area contributed by atoms with Crippen LogP contribution in [0.15, 0.2) is 78.0 Å². The zero-order valence-corrected chi connectivity index (χ0v) is 20.7. The summed E-state index contributed by atoms with van der Waals surface area (Å²) in [6.45, 7) is 0. The van der Waals surface area contributed by atoms with Gasteiger partial charge in [-0.2, -0.15) is 0 Å². The summed E-state index contributed by atoms with van der Waals surface area (Å²) >= 11 is 0. The molecule has 0 atom stereocenters. The maximum absolute atomic E-state index is 15.0. The Kier molecular flexibility index (Phi) is 6.96. The van der Waals surface area contributed by atoms with E-state index in [9.17, 15) is 14.0 Å². The second-order valence-electron chi connectivity index (χ2n) is 8.27. The molecule has 2 aromatic carbocycles. The van der Waals surface area contributed by atoms with Gasteiger partial charge in [-0.1, -0.05) is 6.07 Å². The number of rotatable bonds is 8. The zero-order valence-electron chi connectivity index (χ0n) is 20.7. The third kappa shape index (κ3) is 5.14. The predicted octanol–water partition coefficient (Wildman–Crippen LogP) is 4.69. The lowest BCUT2D eigenvalue weighted by Gasteiger charge is -2.12. The van der Waals surface area contributed by atoms with Crippen LogP contribution in [0.1, 0.15) is 16.1 Å². The van der Waals surface area contributed by atoms with Crippen molar-refractivity contribution in [2.24, 2.45) is 0 Å². The van der Waals surface area contributed by atoms with Crippen molar-refractivity contribution in [1.29, 1.82) is 0 Å². The summed E-state index contributed by atoms with van der Waals surface area (Å²) < 4.78 is 45.7. The van der Waals surface area contributed by atoms with E-state index in [4.69, 9.17) is 14.2 Å². The van der Waals surface area contributed by atoms with Gasteiger partial charge in [-0.05, 0) is 42.0 Å². The number of ether oxygens (including phenoxy) is 3. The average molecular weight is 530 g/mol. The summed E-state index contributed by atoms with van der Waals surface area (Å²) in [6, 6.07) is 12.4. The van der Waals surface area contributed by atoms with Crippen molar-refractivity contribution in [3.8, 4) is 28.8 Å². The summed E-state index contributed by atoms with van der Waals surface area (Å²) in [5, 5.41) is 0. The van der Waals surface area contributed by atoms with E-state index in [-0.39, 0.29) is 29.5 Å². The van der Waals surface area contributed by atoms with Crippen LogP contribution in [0.25, 0.3) is 16.7 Å². The number of ketones is 1. The van der Waals surface area contributed by atoms with E-state index in [1.165, 1.54) is 79.8 Å². The number of carbonyl (C=O) groups is 1. The lowest BCUT2D eigenvalue weighted by molar-refractivity contribution is 0.0986. The number of fused-ring (bicyclic) bond motifs is 1. The monoisotopic (exact) mass is 530 g/mol. The highest BCUT2D eigenvalue weighted by atomic mass is 19.1. The largest absolute Gasteiger partial charge is 0.491 e. The number of aromatic nitrogens is 4. The van der Waals surface area contributed by atoms with Crippen molar-refractivity contribution in [3.05, 3.63) is 106 Å². The van der Waals surface area contributed by atoms with Crippen LogP contribution in [0.4, 0.5) is 8.78 Å². The van der Waals surface area contributed by atoms with Crippen LogP contribution >= 0.6 is 0 Å². The van der Waals surface area contributed by atoms with E-state index in [0.29, 0.717) is 28.0 Å². The molecule has 0 aliphatic carbocycles. The predicted molar refractivity (Wildman–Crippen MR) is 137 cm³/mol. The Labute approximate surface area is 220 Å². The first-order valence-electron chi connectivity index (χ1n) is 11.6. The maximum Gasteiger partial charge on any atom is 0.284 e. The second-order valence-corrected chi connectivity index (χ2v) is 8.27. The van der Waals surface area contributed by atoms with Crippen molar-refractivity contribution in [2.75, 3.05) is 14.2 Å². The van der Waals surface area contributed by atoms with Gasteiger partial charge in [0, 0.05) is 42.8 Å². The van der Waals surface area contributed by atoms with Crippen molar-refractivity contribution in [2.45, 2.75) is 6.42 Å². The minimum absolute atomic E-state index is 0.105. The molecule has 0 amide bonds. The number of hydrogen-bond acceptors (Lipinski definition) is 8. The molecule has 0 unspecified atom stereocenters. The molecular weight excluding hydrogens is 510 g/mol. The van der Waals surface area contributed by atoms with E-state index in [0.717, 1.165) is 6.07 Å². The lowest BCUT2D eigenvalue weighted by Crippen LogP contribution is -2.27. The Morgan fingerprint density at radius 3 is 2.41 bits per heavy atom. The Morgan fingerprint density at radius 1 is 0.897 bits per heavy atom. The van der Waals surface area contributed by atoms with Gasteiger partial charge in [-0.25, -0.2) is 18.7 Å². The first-order valence-corrected chi connectivity index (χ1v) is 11.6. The molecule has 9 nitrogen and oxygen atoms in total. The van der Waals surface area contributed by atoms with Gasteiger partial charge >= 0.3 is 0 Å². The maximum atomic E-state index is 15.0. The van der Waals surface area contributed by atoms with Gasteiger partial charge in [0.2, 0.25) is 0 Å². The number of benzene rings is 2. The van der Waals surface area contributed by atoms with Crippen LogP contribution in [0.3, 0.4) is 0 Å². The molecule has 196 valence electrons. The fourth-order valence-corrected chi connectivity index (χ4v) is 3.92. The molecule has 0 bridgehead atoms. The van der Waals surface area contributed by atoms with Gasteiger partial charge in [0.05, 0.1) is 19.7 Å². The summed E-state index contributed by atoms with van der Waals surface area (Å²) in [5.74, 6) is -1.06. The smallest absolute Gasteiger partial charge is 0.284 e. The zero-order chi connectivity index (χ0) is 27.5. The van der Waals surface area contributed by atoms with Gasteiger partial charge in [0.25, 0.3) is 11.4 Å². The third-order valence-corrected chi connectivity index (χ3v) is 5.81. The number of pyridine rings is 2. The van der Waals surface area contributed by atoms with Gasteiger partial charge in [-0.3, -0.25) is 19.1 Å². The first-order chi connectivity index (χ1) is 18.9. The molecule has 3 heterocycles. The molecule has 0 spiro atoms. The third-order valence-electron chi connectivity index (χ3n) is 5.81. The Balaban J connectivity index is 1.38. The SMILES string of the molecule is COc1cc2nccc(Oc3ccc(CC(=O)c4nccn(-c5ccc(F)cc5)c4=O)cc3F)c2nc1OC. The minimum Gasteiger partial charge on any atom is -0.491 e. The number of methoxy groups -OCH3 is 2. The molecule has 0 aliphatic rings. The molecule has 0 fully saturated rings. The minimum atomic E-state index is -0.726. The summed E-state index contributed by atoms with van der Waals surface area (Å²) in [5.41, 5.74) is 0.489. The molecule has 5 aromatic rings. The fraction of sp³-hybridized carbons (Fsp3) is 0.107. The lowest BCUT2D eigenvalue weighted by atomic mass is 10.1. The standard InChI is InChI=1S/C28H20F2N4O5/c1-37-24-15-20-25(33-27(24)38-2)23(9-10-31-20)39-22-8-3-16(13-19(22)30)14-21(35)26-28(36)34(12-11-32-26)18-6-4-17(29)5-7-18/h3-13,15H,14H2,1-2H3. The molecule has 0 saturated carbocycles. The molecule has 5 rings (SSSR count). The Bertz CT molecular complexity index is 1760. The highest BCUT2D eigenvalue weighted by Gasteiger charge is 2.18. The van der Waals surface area contributed by atoms with Crippen molar-refractivity contribution >= 4 is 16.8 Å². The van der Waals surface area contributed by atoms with Gasteiger partial charge < -0.3 is 14.2 Å². The molecule has 11 heteroatoms. The van der Waals surface area contributed by atoms with Crippen LogP contribution in [-0.4, -0.2) is 39.5 Å². The summed E-state index contributed by atoms with van der Waals surface area (Å²) in [4.78, 5) is 38.3. The van der Waals surface area contributed by atoms with Crippen LogP contribution in [0.2, 0.25) is 0 Å². The fourth-order valence-electron chi connectivity index (χ4n) is 3.92. The van der Waals surface area contributed by atoms with E-state index in [1.54, 1.807) is 6.07 Å². The Morgan fingerprint density at radius 2 is 1.69 bits per heavy atom. The average Bonchev–Trinajstić information content (AvgIpc) is 2.94. The van der Waals surface area contributed by atoms with Crippen molar-refractivity contribution in [3.63, 3.8) is 0 Å². The van der Waals surface area contributed by atoms with Gasteiger partial charge in [-0.15, -0.1) is 0 Å². The van der Waals surface area contributed by atoms with Gasteiger partial charge in [0.15, 0.2) is 34.5 Å². The number of halogens is 2. The quantitative estimate of drug-likeness (QED) is 0.266. The molecule has 3 aromatic heterocycles. The highest BCUT2D eigenvalue weighted by Crippen LogP contribution is 2.34. The van der Waals surface area contributed by atoms with E-state index >= 15 is 4.39 Å². The number of Topliss-reactive ketones (excluding diaryl/α,β-unsaturated/α-hetero) is 1. The molecule has 0 N–H and O–H groups in total. The number of nitrogens with zero attached hydrogens (tertiary/aromatic N) is 4. The molecule has 39 heavy (non-hydrogen) atoms. The molecule has 0 radical (unpaired) electrons. The van der Waals surface area contributed by atoms with E-state index in [1.807, 2.05) is 0 Å². The van der Waals surface area contributed by atoms with Crippen molar-refractivity contribution < 1.29 is 27.8 Å². The van der Waals surface area contributed by atoms with Gasteiger partial charge in [0.1, 0.15) is 11.3 Å². The molecular formula is C28H20F2N4O5. The van der Waals surface area contributed by atoms with Crippen LogP contribution in [0, 0.1) is 11.6 Å². The normalized spacial score (nSPS) is 10.9.